The van der Waals surface area contributed by atoms with E-state index in [9.17, 15) is 37.1 Å². The van der Waals surface area contributed by atoms with Gasteiger partial charge in [-0.2, -0.15) is 8.78 Å². The number of nitrogens with zero attached hydrogens (tertiary/aromatic N) is 3. The molecule has 0 bridgehead atoms. The van der Waals surface area contributed by atoms with Crippen molar-refractivity contribution in [3.63, 3.8) is 0 Å². The van der Waals surface area contributed by atoms with E-state index in [-0.39, 0.29) is 37.1 Å². The SMILES string of the molecule is C[C@]1(C(=O)O)CCCCC1C(=O)N1CCc2c(Cl)ccc(OC/C(N)=C(\C(F)F)N(N)C(F)F)c2C1CN1CCCC1=O. The third-order valence-corrected chi connectivity index (χ3v) is 9.18. The second-order valence-corrected chi connectivity index (χ2v) is 11.8. The number of halogens is 5. The van der Waals surface area contributed by atoms with Crippen LogP contribution in [0.5, 0.6) is 5.75 Å². The molecule has 4 rings (SSSR count). The molecule has 1 saturated carbocycles. The van der Waals surface area contributed by atoms with Gasteiger partial charge >= 0.3 is 12.5 Å². The number of fused-ring (bicyclic) bond motifs is 1. The van der Waals surface area contributed by atoms with Gasteiger partial charge in [0.05, 0.1) is 23.1 Å². The topological polar surface area (TPSA) is 142 Å². The number of alkyl halides is 4. The van der Waals surface area contributed by atoms with Gasteiger partial charge in [-0.05, 0) is 50.3 Å². The molecule has 238 valence electrons. The Kier molecular flexibility index (Phi) is 10.00. The van der Waals surface area contributed by atoms with E-state index in [0.29, 0.717) is 61.2 Å². The maximum Gasteiger partial charge on any atom is 0.328 e. The van der Waals surface area contributed by atoms with E-state index in [4.69, 9.17) is 27.9 Å². The Labute approximate surface area is 251 Å². The molecule has 2 fully saturated rings. The highest BCUT2D eigenvalue weighted by atomic mass is 35.5. The number of amides is 2. The largest absolute Gasteiger partial charge is 0.487 e. The van der Waals surface area contributed by atoms with Crippen LogP contribution in [-0.4, -0.2) is 76.9 Å². The fraction of sp³-hybridized carbons (Fsp3) is 0.607. The van der Waals surface area contributed by atoms with Crippen molar-refractivity contribution >= 4 is 29.4 Å². The third kappa shape index (κ3) is 6.49. The fourth-order valence-corrected chi connectivity index (χ4v) is 6.66. The number of hydrogen-bond acceptors (Lipinski definition) is 7. The molecule has 2 amide bonds. The lowest BCUT2D eigenvalue weighted by molar-refractivity contribution is -0.162. The quantitative estimate of drug-likeness (QED) is 0.153. The molecule has 1 aliphatic carbocycles. The van der Waals surface area contributed by atoms with Gasteiger partial charge in [0.15, 0.2) is 0 Å². The summed E-state index contributed by atoms with van der Waals surface area (Å²) in [6, 6.07) is 2.17. The molecular formula is C28H36ClF4N5O5. The van der Waals surface area contributed by atoms with E-state index in [1.54, 1.807) is 16.7 Å². The van der Waals surface area contributed by atoms with Crippen LogP contribution in [0.4, 0.5) is 17.6 Å². The highest BCUT2D eigenvalue weighted by Gasteiger charge is 2.50. The first-order chi connectivity index (χ1) is 20.3. The predicted molar refractivity (Wildman–Crippen MR) is 148 cm³/mol. The van der Waals surface area contributed by atoms with Gasteiger partial charge in [0.1, 0.15) is 18.1 Å². The molecule has 2 heterocycles. The zero-order chi connectivity index (χ0) is 31.6. The number of carboxylic acids is 1. The number of benzene rings is 1. The average Bonchev–Trinajstić information content (AvgIpc) is 3.36. The van der Waals surface area contributed by atoms with Crippen LogP contribution in [0.1, 0.15) is 62.6 Å². The predicted octanol–water partition coefficient (Wildman–Crippen LogP) is 3.88. The van der Waals surface area contributed by atoms with Crippen molar-refractivity contribution < 1.29 is 41.8 Å². The Hall–Kier alpha value is -3.26. The third-order valence-electron chi connectivity index (χ3n) is 8.82. The first-order valence-corrected chi connectivity index (χ1v) is 14.5. The Morgan fingerprint density at radius 2 is 1.91 bits per heavy atom. The Morgan fingerprint density at radius 1 is 1.19 bits per heavy atom. The lowest BCUT2D eigenvalue weighted by Gasteiger charge is -2.45. The van der Waals surface area contributed by atoms with Gasteiger partial charge in [-0.3, -0.25) is 14.4 Å². The molecule has 1 aromatic carbocycles. The number of carbonyl (C=O) groups is 3. The highest BCUT2D eigenvalue weighted by Crippen LogP contribution is 2.46. The smallest absolute Gasteiger partial charge is 0.328 e. The molecule has 0 aromatic heterocycles. The molecule has 3 aliphatic rings. The normalized spacial score (nSPS) is 24.7. The van der Waals surface area contributed by atoms with Crippen LogP contribution in [0.15, 0.2) is 23.5 Å². The Morgan fingerprint density at radius 3 is 2.51 bits per heavy atom. The molecule has 15 heteroatoms. The van der Waals surface area contributed by atoms with Crippen LogP contribution < -0.4 is 16.3 Å². The Bertz CT molecular complexity index is 1280. The molecule has 1 aromatic rings. The van der Waals surface area contributed by atoms with Crippen molar-refractivity contribution in [3.05, 3.63) is 39.7 Å². The lowest BCUT2D eigenvalue weighted by atomic mass is 9.66. The van der Waals surface area contributed by atoms with Crippen molar-refractivity contribution in [2.24, 2.45) is 22.9 Å². The number of allylic oxidation sites excluding steroid dienone is 1. The van der Waals surface area contributed by atoms with Crippen LogP contribution >= 0.6 is 11.6 Å². The van der Waals surface area contributed by atoms with E-state index in [1.165, 1.54) is 12.1 Å². The number of nitrogens with two attached hydrogens (primary N) is 2. The summed E-state index contributed by atoms with van der Waals surface area (Å²) in [4.78, 5) is 42.4. The minimum absolute atomic E-state index is 0.0698. The van der Waals surface area contributed by atoms with Gasteiger partial charge in [0, 0.05) is 36.6 Å². The maximum absolute atomic E-state index is 14.2. The molecule has 3 atom stereocenters. The molecular weight excluding hydrogens is 598 g/mol. The van der Waals surface area contributed by atoms with Gasteiger partial charge < -0.3 is 25.4 Å². The average molecular weight is 634 g/mol. The number of likely N-dealkylation sites (tertiary alicyclic amines) is 1. The maximum atomic E-state index is 14.2. The molecule has 43 heavy (non-hydrogen) atoms. The highest BCUT2D eigenvalue weighted by molar-refractivity contribution is 6.31. The van der Waals surface area contributed by atoms with Crippen molar-refractivity contribution in [3.8, 4) is 5.75 Å². The first kappa shape index (κ1) is 32.6. The minimum atomic E-state index is -3.44. The van der Waals surface area contributed by atoms with Gasteiger partial charge in [0.2, 0.25) is 11.8 Å². The van der Waals surface area contributed by atoms with E-state index in [1.807, 2.05) is 0 Å². The number of hydrogen-bond donors (Lipinski definition) is 3. The fourth-order valence-electron chi connectivity index (χ4n) is 6.40. The Balaban J connectivity index is 1.75. The van der Waals surface area contributed by atoms with Crippen molar-refractivity contribution in [1.82, 2.24) is 14.8 Å². The van der Waals surface area contributed by atoms with Crippen molar-refractivity contribution in [1.29, 1.82) is 0 Å². The molecule has 10 nitrogen and oxygen atoms in total. The minimum Gasteiger partial charge on any atom is -0.487 e. The standard InChI is InChI=1S/C28H36ClF4N5O5/c1-28(26(41)42)10-3-2-5-16(28)25(40)37-12-9-15-17(29)7-8-20(22(15)19(37)13-36-11-4-6-21(36)39)43-14-18(34)23(24(30)31)38(35)27(32)33/h7-8,16,19,24,27H,2-6,9-14,34-35H2,1H3,(H,41,42)/b23-18-/t16?,19?,28-/m0/s1. The number of carbonyl (C=O) groups excluding carboxylic acids is 2. The molecule has 1 saturated heterocycles. The summed E-state index contributed by atoms with van der Waals surface area (Å²) in [5, 5.41) is 10.00. The summed E-state index contributed by atoms with van der Waals surface area (Å²) < 4.78 is 59.2. The number of hydrazine groups is 1. The zero-order valence-electron chi connectivity index (χ0n) is 23.7. The second-order valence-electron chi connectivity index (χ2n) is 11.4. The van der Waals surface area contributed by atoms with E-state index < -0.39 is 59.3 Å². The van der Waals surface area contributed by atoms with Gasteiger partial charge in [-0.25, -0.2) is 19.6 Å². The van der Waals surface area contributed by atoms with Gasteiger partial charge in [0.25, 0.3) is 6.43 Å². The van der Waals surface area contributed by atoms with E-state index in [2.05, 4.69) is 0 Å². The number of carboxylic acid groups (broad SMARTS) is 1. The zero-order valence-corrected chi connectivity index (χ0v) is 24.5. The van der Waals surface area contributed by atoms with Crippen LogP contribution in [0, 0.1) is 11.3 Å². The number of ether oxygens (including phenoxy) is 1. The monoisotopic (exact) mass is 633 g/mol. The number of rotatable bonds is 10. The summed E-state index contributed by atoms with van der Waals surface area (Å²) in [6.45, 7) is -1.88. The summed E-state index contributed by atoms with van der Waals surface area (Å²) in [5.74, 6) is 2.89. The molecule has 2 aliphatic heterocycles. The molecule has 5 N–H and O–H groups in total. The molecule has 0 radical (unpaired) electrons. The van der Waals surface area contributed by atoms with E-state index in [0.717, 1.165) is 0 Å². The lowest BCUT2D eigenvalue weighted by Crippen LogP contribution is -2.52. The summed E-state index contributed by atoms with van der Waals surface area (Å²) in [7, 11) is 0. The second kappa shape index (κ2) is 13.2. The van der Waals surface area contributed by atoms with Crippen LogP contribution in [0.25, 0.3) is 0 Å². The summed E-state index contributed by atoms with van der Waals surface area (Å²) >= 11 is 6.56. The molecule has 0 spiro atoms. The van der Waals surface area contributed by atoms with Gasteiger partial charge in [-0.15, -0.1) is 0 Å². The van der Waals surface area contributed by atoms with Crippen molar-refractivity contribution in [2.45, 2.75) is 70.9 Å². The van der Waals surface area contributed by atoms with Crippen LogP contribution in [0.3, 0.4) is 0 Å². The van der Waals surface area contributed by atoms with Crippen molar-refractivity contribution in [2.75, 3.05) is 26.2 Å². The van der Waals surface area contributed by atoms with Gasteiger partial charge in [-0.1, -0.05) is 24.4 Å². The number of aliphatic carboxylic acids is 1. The summed E-state index contributed by atoms with van der Waals surface area (Å²) in [6.07, 6.45) is -0.0867. The summed E-state index contributed by atoms with van der Waals surface area (Å²) in [5.41, 5.74) is 3.48. The van der Waals surface area contributed by atoms with Crippen LogP contribution in [-0.2, 0) is 20.8 Å². The first-order valence-electron chi connectivity index (χ1n) is 14.1. The van der Waals surface area contributed by atoms with Crippen LogP contribution in [0.2, 0.25) is 5.02 Å². The van der Waals surface area contributed by atoms with E-state index >= 15 is 0 Å². The molecule has 2 unspecified atom stereocenters.